The van der Waals surface area contributed by atoms with Gasteiger partial charge in [-0.25, -0.2) is 0 Å². The largest absolute Gasteiger partial charge is 0.353 e. The molecule has 74 valence electrons. The molecule has 1 N–H and O–H groups in total. The van der Waals surface area contributed by atoms with E-state index in [0.29, 0.717) is 0 Å². The molecule has 0 saturated heterocycles. The Kier molecular flexibility index (Phi) is 5.94. The highest BCUT2D eigenvalue weighted by atomic mass is 16.1. The number of amides is 1. The molecule has 0 aliphatic rings. The van der Waals surface area contributed by atoms with Crippen LogP contribution in [0.5, 0.6) is 0 Å². The standard InChI is InChI=1S/C11H19NO/c1-5-11(13)12-8-6-7-10(4)9(2)3/h5H,1,6-8H2,2-4H3,(H,12,13). The van der Waals surface area contributed by atoms with Crippen molar-refractivity contribution < 1.29 is 4.79 Å². The molecular weight excluding hydrogens is 162 g/mol. The first kappa shape index (κ1) is 11.9. The van der Waals surface area contributed by atoms with Gasteiger partial charge in [0.2, 0.25) is 5.91 Å². The Balaban J connectivity index is 3.52. The van der Waals surface area contributed by atoms with Crippen LogP contribution in [0, 0.1) is 0 Å². The second kappa shape index (κ2) is 6.46. The molecule has 0 saturated carbocycles. The Morgan fingerprint density at radius 2 is 2.00 bits per heavy atom. The van der Waals surface area contributed by atoms with Gasteiger partial charge in [-0.15, -0.1) is 0 Å². The number of carbonyl (C=O) groups is 1. The highest BCUT2D eigenvalue weighted by molar-refractivity contribution is 5.86. The molecule has 2 nitrogen and oxygen atoms in total. The number of rotatable bonds is 5. The van der Waals surface area contributed by atoms with E-state index in [9.17, 15) is 4.79 Å². The van der Waals surface area contributed by atoms with Gasteiger partial charge < -0.3 is 5.32 Å². The molecule has 0 aromatic carbocycles. The SMILES string of the molecule is C=CC(=O)NCCCC(C)=C(C)C. The van der Waals surface area contributed by atoms with Crippen molar-refractivity contribution in [3.63, 3.8) is 0 Å². The summed E-state index contributed by atoms with van der Waals surface area (Å²) in [5.41, 5.74) is 2.78. The molecule has 0 spiro atoms. The Morgan fingerprint density at radius 1 is 1.38 bits per heavy atom. The summed E-state index contributed by atoms with van der Waals surface area (Å²) in [5.74, 6) is -0.0881. The summed E-state index contributed by atoms with van der Waals surface area (Å²) in [6.45, 7) is 10.5. The Bertz CT molecular complexity index is 212. The molecule has 0 aromatic rings. The molecule has 0 heterocycles. The zero-order valence-electron chi connectivity index (χ0n) is 8.81. The Morgan fingerprint density at radius 3 is 2.46 bits per heavy atom. The van der Waals surface area contributed by atoms with Crippen molar-refractivity contribution in [3.05, 3.63) is 23.8 Å². The van der Waals surface area contributed by atoms with Gasteiger partial charge in [0.1, 0.15) is 0 Å². The van der Waals surface area contributed by atoms with Crippen LogP contribution in [0.2, 0.25) is 0 Å². The average Bonchev–Trinajstić information content (AvgIpc) is 2.11. The molecule has 0 rings (SSSR count). The van der Waals surface area contributed by atoms with Crippen LogP contribution in [0.1, 0.15) is 33.6 Å². The summed E-state index contributed by atoms with van der Waals surface area (Å²) >= 11 is 0. The molecule has 0 atom stereocenters. The molecule has 0 aliphatic carbocycles. The lowest BCUT2D eigenvalue weighted by atomic mass is 10.1. The van der Waals surface area contributed by atoms with Crippen molar-refractivity contribution in [2.45, 2.75) is 33.6 Å². The van der Waals surface area contributed by atoms with Crippen LogP contribution in [0.4, 0.5) is 0 Å². The second-order valence-electron chi connectivity index (χ2n) is 3.38. The topological polar surface area (TPSA) is 29.1 Å². The fourth-order valence-electron chi connectivity index (χ4n) is 0.887. The van der Waals surface area contributed by atoms with Crippen LogP contribution in [0.3, 0.4) is 0 Å². The normalized spacial score (nSPS) is 9.15. The number of carbonyl (C=O) groups excluding carboxylic acids is 1. The summed E-state index contributed by atoms with van der Waals surface area (Å²) in [7, 11) is 0. The lowest BCUT2D eigenvalue weighted by Crippen LogP contribution is -2.21. The first-order chi connectivity index (χ1) is 6.07. The van der Waals surface area contributed by atoms with Gasteiger partial charge in [0.25, 0.3) is 0 Å². The zero-order valence-corrected chi connectivity index (χ0v) is 8.81. The molecule has 0 unspecified atom stereocenters. The highest BCUT2D eigenvalue weighted by Crippen LogP contribution is 2.08. The number of nitrogens with one attached hydrogen (secondary N) is 1. The highest BCUT2D eigenvalue weighted by Gasteiger charge is 1.95. The van der Waals surface area contributed by atoms with Gasteiger partial charge >= 0.3 is 0 Å². The summed E-state index contributed by atoms with van der Waals surface area (Å²) in [4.78, 5) is 10.7. The van der Waals surface area contributed by atoms with E-state index in [2.05, 4.69) is 32.7 Å². The average molecular weight is 181 g/mol. The molecule has 0 fully saturated rings. The first-order valence-corrected chi connectivity index (χ1v) is 4.61. The quantitative estimate of drug-likeness (QED) is 0.394. The van der Waals surface area contributed by atoms with Gasteiger partial charge in [-0.2, -0.15) is 0 Å². The summed E-state index contributed by atoms with van der Waals surface area (Å²) in [5, 5.41) is 2.75. The van der Waals surface area contributed by atoms with E-state index in [0.717, 1.165) is 19.4 Å². The second-order valence-corrected chi connectivity index (χ2v) is 3.38. The summed E-state index contributed by atoms with van der Waals surface area (Å²) in [6, 6.07) is 0. The molecule has 2 heteroatoms. The van der Waals surface area contributed by atoms with Crippen molar-refractivity contribution in [1.29, 1.82) is 0 Å². The van der Waals surface area contributed by atoms with Gasteiger partial charge in [0.15, 0.2) is 0 Å². The maximum absolute atomic E-state index is 10.7. The molecule has 0 bridgehead atoms. The van der Waals surface area contributed by atoms with Crippen LogP contribution in [0.15, 0.2) is 23.8 Å². The fourth-order valence-corrected chi connectivity index (χ4v) is 0.887. The summed E-state index contributed by atoms with van der Waals surface area (Å²) < 4.78 is 0. The third kappa shape index (κ3) is 6.14. The number of hydrogen-bond donors (Lipinski definition) is 1. The van der Waals surface area contributed by atoms with Crippen molar-refractivity contribution in [2.75, 3.05) is 6.54 Å². The van der Waals surface area contributed by atoms with Crippen molar-refractivity contribution in [3.8, 4) is 0 Å². The fraction of sp³-hybridized carbons (Fsp3) is 0.545. The molecule has 0 radical (unpaired) electrons. The van der Waals surface area contributed by atoms with Gasteiger partial charge in [-0.3, -0.25) is 4.79 Å². The summed E-state index contributed by atoms with van der Waals surface area (Å²) in [6.07, 6.45) is 3.35. The van der Waals surface area contributed by atoms with Gasteiger partial charge in [0, 0.05) is 6.54 Å². The lowest BCUT2D eigenvalue weighted by molar-refractivity contribution is -0.116. The number of hydrogen-bond acceptors (Lipinski definition) is 1. The maximum Gasteiger partial charge on any atom is 0.243 e. The van der Waals surface area contributed by atoms with Crippen LogP contribution in [-0.4, -0.2) is 12.5 Å². The minimum atomic E-state index is -0.0881. The zero-order chi connectivity index (χ0) is 10.3. The monoisotopic (exact) mass is 181 g/mol. The van der Waals surface area contributed by atoms with E-state index in [-0.39, 0.29) is 5.91 Å². The molecule has 13 heavy (non-hydrogen) atoms. The van der Waals surface area contributed by atoms with Crippen molar-refractivity contribution >= 4 is 5.91 Å². The smallest absolute Gasteiger partial charge is 0.243 e. The third-order valence-electron chi connectivity index (χ3n) is 2.07. The number of allylic oxidation sites excluding steroid dienone is 2. The lowest BCUT2D eigenvalue weighted by Gasteiger charge is -2.04. The molecule has 0 aliphatic heterocycles. The first-order valence-electron chi connectivity index (χ1n) is 4.61. The van der Waals surface area contributed by atoms with Crippen molar-refractivity contribution in [2.24, 2.45) is 0 Å². The van der Waals surface area contributed by atoms with Gasteiger partial charge in [0.05, 0.1) is 0 Å². The maximum atomic E-state index is 10.7. The van der Waals surface area contributed by atoms with Crippen LogP contribution < -0.4 is 5.32 Å². The predicted octanol–water partition coefficient (Wildman–Crippen LogP) is 2.43. The minimum Gasteiger partial charge on any atom is -0.353 e. The predicted molar refractivity (Wildman–Crippen MR) is 56.5 cm³/mol. The van der Waals surface area contributed by atoms with Crippen LogP contribution >= 0.6 is 0 Å². The third-order valence-corrected chi connectivity index (χ3v) is 2.07. The van der Waals surface area contributed by atoms with E-state index >= 15 is 0 Å². The minimum absolute atomic E-state index is 0.0881. The van der Waals surface area contributed by atoms with Gasteiger partial charge in [-0.1, -0.05) is 17.7 Å². The molecule has 0 aromatic heterocycles. The van der Waals surface area contributed by atoms with E-state index in [1.54, 1.807) is 0 Å². The Hall–Kier alpha value is -1.05. The van der Waals surface area contributed by atoms with E-state index < -0.39 is 0 Å². The Labute approximate surface area is 80.7 Å². The van der Waals surface area contributed by atoms with E-state index in [4.69, 9.17) is 0 Å². The van der Waals surface area contributed by atoms with E-state index in [1.807, 2.05) is 0 Å². The van der Waals surface area contributed by atoms with Crippen molar-refractivity contribution in [1.82, 2.24) is 5.32 Å². The molecule has 1 amide bonds. The van der Waals surface area contributed by atoms with Crippen LogP contribution in [-0.2, 0) is 4.79 Å². The van der Waals surface area contributed by atoms with Crippen LogP contribution in [0.25, 0.3) is 0 Å². The molecular formula is C11H19NO. The van der Waals surface area contributed by atoms with E-state index in [1.165, 1.54) is 17.2 Å². The van der Waals surface area contributed by atoms with Gasteiger partial charge in [-0.05, 0) is 39.7 Å².